The van der Waals surface area contributed by atoms with Gasteiger partial charge in [0.05, 0.1) is 39.3 Å². The lowest BCUT2D eigenvalue weighted by molar-refractivity contribution is -0.927. The summed E-state index contributed by atoms with van der Waals surface area (Å²) in [4.78, 5) is 7.56. The molecule has 0 spiro atoms. The van der Waals surface area contributed by atoms with Crippen LogP contribution in [0, 0.1) is 0 Å². The second-order valence-corrected chi connectivity index (χ2v) is 9.32. The first-order valence-corrected chi connectivity index (χ1v) is 12.9. The smallest absolute Gasteiger partial charge is 0.0965 e. The van der Waals surface area contributed by atoms with E-state index in [2.05, 4.69) is 96.1 Å². The van der Waals surface area contributed by atoms with Crippen molar-refractivity contribution in [2.45, 2.75) is 33.6 Å². The third-order valence-corrected chi connectivity index (χ3v) is 7.21. The van der Waals surface area contributed by atoms with Crippen molar-refractivity contribution >= 4 is 11.4 Å². The summed E-state index contributed by atoms with van der Waals surface area (Å²) in [6.45, 7) is 20.6. The fourth-order valence-electron chi connectivity index (χ4n) is 5.14. The molecule has 2 aliphatic rings. The van der Waals surface area contributed by atoms with Crippen molar-refractivity contribution in [3.8, 4) is 0 Å². The first-order chi connectivity index (χ1) is 15.7. The number of piperazine rings is 2. The maximum absolute atomic E-state index is 2.56. The maximum atomic E-state index is 2.56. The molecule has 2 saturated heterocycles. The number of rotatable bonds is 7. The number of hydrogen-bond acceptors (Lipinski definition) is 3. The van der Waals surface area contributed by atoms with Gasteiger partial charge in [0.1, 0.15) is 0 Å². The number of hydrogen-bond donors (Lipinski definition) is 0. The molecule has 0 radical (unpaired) electrons. The van der Waals surface area contributed by atoms with E-state index in [0.717, 1.165) is 0 Å². The minimum atomic E-state index is 0. The van der Waals surface area contributed by atoms with Gasteiger partial charge >= 0.3 is 0 Å². The normalized spacial score (nSPS) is 18.2. The zero-order chi connectivity index (χ0) is 22.7. The number of anilines is 2. The van der Waals surface area contributed by atoms with Gasteiger partial charge in [-0.25, -0.2) is 0 Å². The molecule has 0 bridgehead atoms. The third-order valence-electron chi connectivity index (χ3n) is 7.21. The molecular weight excluding hydrogens is 519 g/mol. The van der Waals surface area contributed by atoms with Crippen LogP contribution in [-0.2, 0) is 0 Å². The van der Waals surface area contributed by atoms with E-state index >= 15 is 0 Å². The lowest BCUT2D eigenvalue weighted by Gasteiger charge is -2.45. The molecule has 5 heteroatoms. The van der Waals surface area contributed by atoms with Crippen molar-refractivity contribution in [2.24, 2.45) is 0 Å². The molecular formula is C28H45IN4. The minimum absolute atomic E-state index is 0. The number of halogens is 1. The standard InChI is InChI=1S/C15H25N2.C13H20N2.HI/c1-3-12-17(4-2)13-10-16(11-14-17)15-8-6-5-7-9-15;1-2-8-14-9-11-15(12-10-14)13-6-4-3-5-7-13;/h5-9H,3-4,10-14H2,1-2H3;3-7H,2,8-12H2,1H3;1H/q+1;;/p-1. The molecule has 4 nitrogen and oxygen atoms in total. The van der Waals surface area contributed by atoms with E-state index in [-0.39, 0.29) is 24.0 Å². The molecule has 33 heavy (non-hydrogen) atoms. The molecule has 0 N–H and O–H groups in total. The Morgan fingerprint density at radius 1 is 0.636 bits per heavy atom. The van der Waals surface area contributed by atoms with E-state index in [1.165, 1.54) is 101 Å². The van der Waals surface area contributed by atoms with Gasteiger partial charge in [0.15, 0.2) is 0 Å². The molecule has 2 heterocycles. The summed E-state index contributed by atoms with van der Waals surface area (Å²) in [7, 11) is 0. The van der Waals surface area contributed by atoms with E-state index in [0.29, 0.717) is 0 Å². The first kappa shape index (κ1) is 27.9. The van der Waals surface area contributed by atoms with Crippen LogP contribution < -0.4 is 33.8 Å². The van der Waals surface area contributed by atoms with Crippen LogP contribution >= 0.6 is 0 Å². The molecule has 2 aromatic rings. The minimum Gasteiger partial charge on any atom is -1.00 e. The van der Waals surface area contributed by atoms with Crippen LogP contribution in [0.25, 0.3) is 0 Å². The molecule has 2 fully saturated rings. The van der Waals surface area contributed by atoms with Crippen LogP contribution in [0.4, 0.5) is 11.4 Å². The van der Waals surface area contributed by atoms with Crippen LogP contribution in [-0.4, -0.2) is 81.4 Å². The lowest BCUT2D eigenvalue weighted by Crippen LogP contribution is -3.00. The Kier molecular flexibility index (Phi) is 12.6. The van der Waals surface area contributed by atoms with Crippen molar-refractivity contribution in [2.75, 3.05) is 81.8 Å². The summed E-state index contributed by atoms with van der Waals surface area (Å²) in [5.41, 5.74) is 2.76. The van der Waals surface area contributed by atoms with Gasteiger partial charge in [-0.05, 0) is 50.6 Å². The molecule has 0 aromatic heterocycles. The second kappa shape index (κ2) is 14.8. The average molecular weight is 565 g/mol. The number of para-hydroxylation sites is 2. The predicted octanol–water partition coefficient (Wildman–Crippen LogP) is 1.98. The van der Waals surface area contributed by atoms with Crippen molar-refractivity contribution in [3.63, 3.8) is 0 Å². The fraction of sp³-hybridized carbons (Fsp3) is 0.571. The van der Waals surface area contributed by atoms with E-state index in [9.17, 15) is 0 Å². The monoisotopic (exact) mass is 564 g/mol. The molecule has 0 atom stereocenters. The van der Waals surface area contributed by atoms with Crippen molar-refractivity contribution in [1.82, 2.24) is 4.90 Å². The summed E-state index contributed by atoms with van der Waals surface area (Å²) in [5, 5.41) is 0. The third kappa shape index (κ3) is 8.45. The highest BCUT2D eigenvalue weighted by Gasteiger charge is 2.30. The lowest BCUT2D eigenvalue weighted by atomic mass is 10.2. The Morgan fingerprint density at radius 2 is 1.12 bits per heavy atom. The van der Waals surface area contributed by atoms with Gasteiger partial charge in [-0.15, -0.1) is 0 Å². The highest BCUT2D eigenvalue weighted by atomic mass is 127. The Balaban J connectivity index is 0.000000228. The molecule has 0 amide bonds. The van der Waals surface area contributed by atoms with Crippen molar-refractivity contribution < 1.29 is 28.5 Å². The summed E-state index contributed by atoms with van der Waals surface area (Å²) in [6.07, 6.45) is 2.57. The second-order valence-electron chi connectivity index (χ2n) is 9.32. The Hall–Kier alpha value is -1.31. The fourth-order valence-corrected chi connectivity index (χ4v) is 5.14. The largest absolute Gasteiger partial charge is 1.00 e. The molecule has 0 unspecified atom stereocenters. The van der Waals surface area contributed by atoms with E-state index in [4.69, 9.17) is 0 Å². The molecule has 184 valence electrons. The maximum Gasteiger partial charge on any atom is 0.0965 e. The topological polar surface area (TPSA) is 9.72 Å². The first-order valence-electron chi connectivity index (χ1n) is 12.9. The predicted molar refractivity (Wildman–Crippen MR) is 140 cm³/mol. The quantitative estimate of drug-likeness (QED) is 0.377. The Bertz CT molecular complexity index is 739. The van der Waals surface area contributed by atoms with Gasteiger partial charge < -0.3 is 38.3 Å². The number of benzene rings is 2. The zero-order valence-corrected chi connectivity index (χ0v) is 23.3. The number of quaternary nitrogens is 1. The zero-order valence-electron chi connectivity index (χ0n) is 21.1. The highest BCUT2D eigenvalue weighted by molar-refractivity contribution is 5.47. The van der Waals surface area contributed by atoms with Crippen LogP contribution in [0.5, 0.6) is 0 Å². The molecule has 0 aliphatic carbocycles. The number of likely N-dealkylation sites (N-methyl/N-ethyl adjacent to an activating group) is 1. The van der Waals surface area contributed by atoms with Crippen LogP contribution in [0.2, 0.25) is 0 Å². The molecule has 2 aliphatic heterocycles. The Labute approximate surface area is 220 Å². The van der Waals surface area contributed by atoms with Gasteiger partial charge in [0.2, 0.25) is 0 Å². The summed E-state index contributed by atoms with van der Waals surface area (Å²) >= 11 is 0. The van der Waals surface area contributed by atoms with E-state index in [1.807, 2.05) is 0 Å². The highest BCUT2D eigenvalue weighted by Crippen LogP contribution is 2.20. The van der Waals surface area contributed by atoms with Crippen molar-refractivity contribution in [1.29, 1.82) is 0 Å². The van der Waals surface area contributed by atoms with E-state index in [1.54, 1.807) is 0 Å². The summed E-state index contributed by atoms with van der Waals surface area (Å²) in [6, 6.07) is 21.5. The van der Waals surface area contributed by atoms with Crippen LogP contribution in [0.1, 0.15) is 33.6 Å². The van der Waals surface area contributed by atoms with Gasteiger partial charge in [0.25, 0.3) is 0 Å². The van der Waals surface area contributed by atoms with Gasteiger partial charge in [-0.3, -0.25) is 4.90 Å². The average Bonchev–Trinajstić information content (AvgIpc) is 2.87. The van der Waals surface area contributed by atoms with E-state index < -0.39 is 0 Å². The Morgan fingerprint density at radius 3 is 1.55 bits per heavy atom. The van der Waals surface area contributed by atoms with Crippen LogP contribution in [0.3, 0.4) is 0 Å². The van der Waals surface area contributed by atoms with Gasteiger partial charge in [-0.1, -0.05) is 50.2 Å². The van der Waals surface area contributed by atoms with Gasteiger partial charge in [-0.2, -0.15) is 0 Å². The van der Waals surface area contributed by atoms with Crippen molar-refractivity contribution in [3.05, 3.63) is 60.7 Å². The van der Waals surface area contributed by atoms with Gasteiger partial charge in [0, 0.05) is 37.6 Å². The molecule has 0 saturated carbocycles. The molecule has 2 aromatic carbocycles. The molecule has 4 rings (SSSR count). The summed E-state index contributed by atoms with van der Waals surface area (Å²) in [5.74, 6) is 0. The number of nitrogens with zero attached hydrogens (tertiary/aromatic N) is 4. The summed E-state index contributed by atoms with van der Waals surface area (Å²) < 4.78 is 1.32. The SMILES string of the molecule is CCCN1CCN(c2ccccc2)CC1.CCC[N+]1(CC)CCN(c2ccccc2)CC1.[I-]. The van der Waals surface area contributed by atoms with Crippen LogP contribution in [0.15, 0.2) is 60.7 Å².